The van der Waals surface area contributed by atoms with Crippen LogP contribution < -0.4 is 4.90 Å². The molecule has 0 unspecified atom stereocenters. The van der Waals surface area contributed by atoms with E-state index in [-0.39, 0.29) is 0 Å². The van der Waals surface area contributed by atoms with E-state index < -0.39 is 0 Å². The Morgan fingerprint density at radius 3 is 2.48 bits per heavy atom. The largest absolute Gasteiger partial charge is 0.379 e. The summed E-state index contributed by atoms with van der Waals surface area (Å²) in [5, 5.41) is 0. The molecule has 0 amide bonds. The lowest BCUT2D eigenvalue weighted by Gasteiger charge is -2.30. The highest BCUT2D eigenvalue weighted by Gasteiger charge is 2.20. The van der Waals surface area contributed by atoms with E-state index in [1.165, 1.54) is 12.8 Å². The summed E-state index contributed by atoms with van der Waals surface area (Å²) in [6, 6.07) is 0.337. The molecule has 27 heavy (non-hydrogen) atoms. The molecule has 0 aliphatic carbocycles. The number of hydrogen-bond donors (Lipinski definition) is 0. The molecule has 0 bridgehead atoms. The zero-order valence-electron chi connectivity index (χ0n) is 16.4. The molecule has 1 atom stereocenters. The van der Waals surface area contributed by atoms with E-state index in [2.05, 4.69) is 43.2 Å². The lowest BCUT2D eigenvalue weighted by Crippen LogP contribution is -2.39. The lowest BCUT2D eigenvalue weighted by molar-refractivity contribution is 0.0326. The van der Waals surface area contributed by atoms with Crippen molar-refractivity contribution in [3.63, 3.8) is 0 Å². The van der Waals surface area contributed by atoms with Crippen molar-refractivity contribution < 1.29 is 4.74 Å². The average molecular weight is 371 g/mol. The van der Waals surface area contributed by atoms with Gasteiger partial charge >= 0.3 is 0 Å². The van der Waals surface area contributed by atoms with Crippen LogP contribution in [-0.4, -0.2) is 70.4 Å². The molecule has 2 aliphatic heterocycles. The molecule has 7 nitrogen and oxygen atoms in total. The summed E-state index contributed by atoms with van der Waals surface area (Å²) in [7, 11) is 0. The van der Waals surface area contributed by atoms with E-state index in [0.29, 0.717) is 6.04 Å². The molecule has 0 saturated carbocycles. The summed E-state index contributed by atoms with van der Waals surface area (Å²) in [5.74, 6) is 1.65. The molecule has 4 rings (SSSR count). The molecule has 4 heterocycles. The summed E-state index contributed by atoms with van der Waals surface area (Å²) in [4.78, 5) is 18.4. The lowest BCUT2D eigenvalue weighted by atomic mass is 10.00. The van der Waals surface area contributed by atoms with E-state index in [9.17, 15) is 0 Å². The third-order valence-corrected chi connectivity index (χ3v) is 5.77. The molecule has 7 heteroatoms. The Balaban J connectivity index is 1.45. The SMILES string of the molecule is CC1CCN(c2ncc(-c3cncn3[C@@H](C)CN3CCOCC3)cn2)CC1. The molecule has 0 spiro atoms. The maximum absolute atomic E-state index is 5.45. The van der Waals surface area contributed by atoms with Crippen molar-refractivity contribution in [2.24, 2.45) is 5.92 Å². The second kappa shape index (κ2) is 8.35. The molecule has 146 valence electrons. The number of piperidine rings is 1. The van der Waals surface area contributed by atoms with Crippen LogP contribution in [0.2, 0.25) is 0 Å². The summed E-state index contributed by atoms with van der Waals surface area (Å²) in [6.45, 7) is 11.3. The molecule has 0 radical (unpaired) electrons. The molecular formula is C20H30N6O. The highest BCUT2D eigenvalue weighted by atomic mass is 16.5. The summed E-state index contributed by atoms with van der Waals surface area (Å²) < 4.78 is 7.68. The number of anilines is 1. The van der Waals surface area contributed by atoms with Gasteiger partial charge in [-0.15, -0.1) is 0 Å². The zero-order valence-corrected chi connectivity index (χ0v) is 16.4. The van der Waals surface area contributed by atoms with Gasteiger partial charge in [0.15, 0.2) is 0 Å². The van der Waals surface area contributed by atoms with Crippen LogP contribution in [-0.2, 0) is 4.74 Å². The van der Waals surface area contributed by atoms with Crippen LogP contribution in [0, 0.1) is 5.92 Å². The number of rotatable bonds is 5. The monoisotopic (exact) mass is 370 g/mol. The number of ether oxygens (including phenoxy) is 1. The van der Waals surface area contributed by atoms with Gasteiger partial charge in [-0.3, -0.25) is 4.90 Å². The Morgan fingerprint density at radius 2 is 1.78 bits per heavy atom. The number of nitrogens with zero attached hydrogens (tertiary/aromatic N) is 6. The first kappa shape index (κ1) is 18.4. The van der Waals surface area contributed by atoms with Crippen molar-refractivity contribution >= 4 is 5.95 Å². The quantitative estimate of drug-likeness (QED) is 0.806. The molecule has 2 aromatic rings. The smallest absolute Gasteiger partial charge is 0.225 e. The fourth-order valence-electron chi connectivity index (χ4n) is 3.95. The van der Waals surface area contributed by atoms with Crippen molar-refractivity contribution in [3.05, 3.63) is 24.9 Å². The number of morpholine rings is 1. The Bertz CT molecular complexity index is 716. The first-order valence-corrected chi connectivity index (χ1v) is 10.1. The van der Waals surface area contributed by atoms with Crippen molar-refractivity contribution in [2.45, 2.75) is 32.7 Å². The van der Waals surface area contributed by atoms with Crippen molar-refractivity contribution in [1.29, 1.82) is 0 Å². The Labute approximate surface area is 161 Å². The molecule has 2 aromatic heterocycles. The van der Waals surface area contributed by atoms with Crippen LogP contribution in [0.1, 0.15) is 32.7 Å². The summed E-state index contributed by atoms with van der Waals surface area (Å²) >= 11 is 0. The minimum Gasteiger partial charge on any atom is -0.379 e. The van der Waals surface area contributed by atoms with Crippen LogP contribution in [0.3, 0.4) is 0 Å². The van der Waals surface area contributed by atoms with Crippen LogP contribution in [0.5, 0.6) is 0 Å². The van der Waals surface area contributed by atoms with E-state index in [1.54, 1.807) is 0 Å². The molecule has 0 aromatic carbocycles. The van der Waals surface area contributed by atoms with Crippen molar-refractivity contribution in [3.8, 4) is 11.3 Å². The highest BCUT2D eigenvalue weighted by molar-refractivity contribution is 5.57. The average Bonchev–Trinajstić information content (AvgIpc) is 3.20. The van der Waals surface area contributed by atoms with E-state index in [0.717, 1.165) is 69.1 Å². The minimum absolute atomic E-state index is 0.337. The summed E-state index contributed by atoms with van der Waals surface area (Å²) in [5.41, 5.74) is 2.10. The van der Waals surface area contributed by atoms with Crippen molar-refractivity contribution in [2.75, 3.05) is 50.8 Å². The van der Waals surface area contributed by atoms with Gasteiger partial charge in [0.1, 0.15) is 0 Å². The molecule has 2 aliphatic rings. The Morgan fingerprint density at radius 1 is 1.07 bits per heavy atom. The van der Waals surface area contributed by atoms with E-state index >= 15 is 0 Å². The zero-order chi connectivity index (χ0) is 18.6. The van der Waals surface area contributed by atoms with Gasteiger partial charge in [-0.2, -0.15) is 0 Å². The number of hydrogen-bond acceptors (Lipinski definition) is 6. The highest BCUT2D eigenvalue weighted by Crippen LogP contribution is 2.24. The molecular weight excluding hydrogens is 340 g/mol. The van der Waals surface area contributed by atoms with Gasteiger partial charge < -0.3 is 14.2 Å². The predicted octanol–water partition coefficient (Wildman–Crippen LogP) is 2.47. The van der Waals surface area contributed by atoms with Crippen LogP contribution in [0.25, 0.3) is 11.3 Å². The maximum atomic E-state index is 5.45. The van der Waals surface area contributed by atoms with Gasteiger partial charge in [0.2, 0.25) is 5.95 Å². The van der Waals surface area contributed by atoms with Gasteiger partial charge in [0.25, 0.3) is 0 Å². The van der Waals surface area contributed by atoms with E-state index in [1.807, 2.05) is 24.9 Å². The summed E-state index contributed by atoms with van der Waals surface area (Å²) in [6.07, 6.45) is 10.1. The minimum atomic E-state index is 0.337. The fraction of sp³-hybridized carbons (Fsp3) is 0.650. The van der Waals surface area contributed by atoms with Crippen molar-refractivity contribution in [1.82, 2.24) is 24.4 Å². The number of imidazole rings is 1. The Hall–Kier alpha value is -1.99. The fourth-order valence-corrected chi connectivity index (χ4v) is 3.95. The van der Waals surface area contributed by atoms with Crippen LogP contribution in [0.4, 0.5) is 5.95 Å². The third kappa shape index (κ3) is 4.30. The molecule has 2 saturated heterocycles. The second-order valence-electron chi connectivity index (χ2n) is 7.89. The predicted molar refractivity (Wildman–Crippen MR) is 106 cm³/mol. The first-order valence-electron chi connectivity index (χ1n) is 10.1. The standard InChI is InChI=1S/C20H30N6O/c1-16-3-5-25(6-4-16)20-22-11-18(12-23-20)19-13-21-15-26(19)17(2)14-24-7-9-27-10-8-24/h11-13,15-17H,3-10,14H2,1-2H3/t17-/m0/s1. The molecule has 0 N–H and O–H groups in total. The second-order valence-corrected chi connectivity index (χ2v) is 7.89. The van der Waals surface area contributed by atoms with Crippen LogP contribution in [0.15, 0.2) is 24.9 Å². The molecule has 2 fully saturated rings. The van der Waals surface area contributed by atoms with Gasteiger partial charge in [-0.05, 0) is 25.7 Å². The first-order chi connectivity index (χ1) is 13.2. The van der Waals surface area contributed by atoms with Gasteiger partial charge in [-0.25, -0.2) is 15.0 Å². The topological polar surface area (TPSA) is 59.3 Å². The van der Waals surface area contributed by atoms with E-state index in [4.69, 9.17) is 4.74 Å². The number of aromatic nitrogens is 4. The maximum Gasteiger partial charge on any atom is 0.225 e. The van der Waals surface area contributed by atoms with Gasteiger partial charge in [0.05, 0.1) is 31.4 Å². The van der Waals surface area contributed by atoms with Crippen LogP contribution >= 0.6 is 0 Å². The van der Waals surface area contributed by atoms with Gasteiger partial charge in [-0.1, -0.05) is 6.92 Å². The normalized spacial score (nSPS) is 20.7. The Kier molecular flexibility index (Phi) is 5.69. The third-order valence-electron chi connectivity index (χ3n) is 5.77. The van der Waals surface area contributed by atoms with Gasteiger partial charge in [0, 0.05) is 56.7 Å².